The first-order chi connectivity index (χ1) is 11.8. The van der Waals surface area contributed by atoms with Crippen LogP contribution in [0.1, 0.15) is 11.1 Å². The fraction of sp³-hybridized carbons (Fsp3) is 0.316. The van der Waals surface area contributed by atoms with Gasteiger partial charge in [0.25, 0.3) is 0 Å². The topological polar surface area (TPSA) is 36.5 Å². The Bertz CT molecular complexity index is 657. The van der Waals surface area contributed by atoms with Crippen molar-refractivity contribution in [3.63, 3.8) is 0 Å². The second-order valence-corrected chi connectivity index (χ2v) is 6.24. The molecule has 1 heterocycles. The maximum atomic E-state index is 5.42. The third-order valence-corrected chi connectivity index (χ3v) is 4.33. The molecule has 1 aliphatic rings. The van der Waals surface area contributed by atoms with Crippen LogP contribution in [0.3, 0.4) is 0 Å². The Morgan fingerprint density at radius 2 is 1.62 bits per heavy atom. The molecular formula is C19H23N3OS. The Hall–Kier alpha value is -1.95. The molecule has 0 saturated carbocycles. The summed E-state index contributed by atoms with van der Waals surface area (Å²) in [6, 6.07) is 18.5. The van der Waals surface area contributed by atoms with Crippen LogP contribution >= 0.6 is 12.2 Å². The van der Waals surface area contributed by atoms with E-state index in [1.165, 1.54) is 11.1 Å². The molecule has 1 fully saturated rings. The van der Waals surface area contributed by atoms with Crippen molar-refractivity contribution in [1.82, 2.24) is 10.2 Å². The molecular weight excluding hydrogens is 318 g/mol. The molecule has 0 radical (unpaired) electrons. The number of nitrogens with one attached hydrogen (secondary N) is 2. The highest BCUT2D eigenvalue weighted by Crippen LogP contribution is 2.13. The standard InChI is InChI=1S/C19H23N3OS/c24-19(21-18-8-2-1-3-9-18)20-14-16-6-4-5-7-17(16)15-22-10-12-23-13-11-22/h1-9H,10-15H2,(H2,20,21,24). The van der Waals surface area contributed by atoms with Crippen molar-refractivity contribution in [2.24, 2.45) is 0 Å². The smallest absolute Gasteiger partial charge is 0.171 e. The molecule has 0 aromatic heterocycles. The van der Waals surface area contributed by atoms with Gasteiger partial charge in [-0.3, -0.25) is 4.90 Å². The highest BCUT2D eigenvalue weighted by molar-refractivity contribution is 7.80. The van der Waals surface area contributed by atoms with Crippen LogP contribution in [0.5, 0.6) is 0 Å². The lowest BCUT2D eigenvalue weighted by molar-refractivity contribution is 0.0341. The van der Waals surface area contributed by atoms with E-state index in [9.17, 15) is 0 Å². The average molecular weight is 341 g/mol. The van der Waals surface area contributed by atoms with E-state index in [-0.39, 0.29) is 0 Å². The van der Waals surface area contributed by atoms with Gasteiger partial charge < -0.3 is 15.4 Å². The van der Waals surface area contributed by atoms with Crippen LogP contribution in [0, 0.1) is 0 Å². The van der Waals surface area contributed by atoms with Crippen molar-refractivity contribution >= 4 is 23.0 Å². The first-order valence-corrected chi connectivity index (χ1v) is 8.69. The van der Waals surface area contributed by atoms with Crippen LogP contribution < -0.4 is 10.6 Å². The van der Waals surface area contributed by atoms with Gasteiger partial charge in [0.15, 0.2) is 5.11 Å². The Morgan fingerprint density at radius 3 is 2.38 bits per heavy atom. The van der Waals surface area contributed by atoms with Gasteiger partial charge in [-0.2, -0.15) is 0 Å². The highest BCUT2D eigenvalue weighted by Gasteiger charge is 2.12. The minimum atomic E-state index is 0.641. The van der Waals surface area contributed by atoms with Crippen molar-refractivity contribution in [2.75, 3.05) is 31.6 Å². The number of hydrogen-bond acceptors (Lipinski definition) is 3. The zero-order valence-corrected chi connectivity index (χ0v) is 14.5. The predicted molar refractivity (Wildman–Crippen MR) is 102 cm³/mol. The summed E-state index contributed by atoms with van der Waals surface area (Å²) in [5, 5.41) is 7.15. The summed E-state index contributed by atoms with van der Waals surface area (Å²) in [6.45, 7) is 5.32. The molecule has 126 valence electrons. The van der Waals surface area contributed by atoms with Crippen LogP contribution in [-0.2, 0) is 17.8 Å². The highest BCUT2D eigenvalue weighted by atomic mass is 32.1. The van der Waals surface area contributed by atoms with Gasteiger partial charge in [-0.1, -0.05) is 42.5 Å². The van der Waals surface area contributed by atoms with E-state index in [2.05, 4.69) is 39.8 Å². The largest absolute Gasteiger partial charge is 0.379 e. The summed E-state index contributed by atoms with van der Waals surface area (Å²) in [5.74, 6) is 0. The summed E-state index contributed by atoms with van der Waals surface area (Å²) < 4.78 is 5.42. The molecule has 0 spiro atoms. The number of nitrogens with zero attached hydrogens (tertiary/aromatic N) is 1. The summed E-state index contributed by atoms with van der Waals surface area (Å²) in [7, 11) is 0. The van der Waals surface area contributed by atoms with Gasteiger partial charge >= 0.3 is 0 Å². The fourth-order valence-electron chi connectivity index (χ4n) is 2.76. The first-order valence-electron chi connectivity index (χ1n) is 8.28. The number of morpholine rings is 1. The summed E-state index contributed by atoms with van der Waals surface area (Å²) in [4.78, 5) is 2.43. The third-order valence-electron chi connectivity index (χ3n) is 4.09. The van der Waals surface area contributed by atoms with Crippen LogP contribution in [0.4, 0.5) is 5.69 Å². The molecule has 0 unspecified atom stereocenters. The van der Waals surface area contributed by atoms with E-state index in [4.69, 9.17) is 17.0 Å². The maximum absolute atomic E-state index is 5.42. The second kappa shape index (κ2) is 8.78. The van der Waals surface area contributed by atoms with Gasteiger partial charge in [-0.15, -0.1) is 0 Å². The van der Waals surface area contributed by atoms with Gasteiger partial charge in [-0.25, -0.2) is 0 Å². The number of rotatable bonds is 5. The van der Waals surface area contributed by atoms with Crippen molar-refractivity contribution in [2.45, 2.75) is 13.1 Å². The van der Waals surface area contributed by atoms with Gasteiger partial charge in [-0.05, 0) is 35.5 Å². The summed E-state index contributed by atoms with van der Waals surface area (Å²) in [6.07, 6.45) is 0. The number of ether oxygens (including phenoxy) is 1. The SMILES string of the molecule is S=C(NCc1ccccc1CN1CCOCC1)Nc1ccccc1. The van der Waals surface area contributed by atoms with Gasteiger partial charge in [0.1, 0.15) is 0 Å². The monoisotopic (exact) mass is 341 g/mol. The summed E-state index contributed by atoms with van der Waals surface area (Å²) in [5.41, 5.74) is 3.62. The number of benzene rings is 2. The summed E-state index contributed by atoms with van der Waals surface area (Å²) >= 11 is 5.39. The Kier molecular flexibility index (Phi) is 6.18. The minimum Gasteiger partial charge on any atom is -0.379 e. The Balaban J connectivity index is 1.55. The third kappa shape index (κ3) is 5.03. The van der Waals surface area contributed by atoms with Crippen molar-refractivity contribution in [3.8, 4) is 0 Å². The molecule has 2 aromatic rings. The number of para-hydroxylation sites is 1. The lowest BCUT2D eigenvalue weighted by Gasteiger charge is -2.27. The molecule has 3 rings (SSSR count). The molecule has 1 saturated heterocycles. The predicted octanol–water partition coefficient (Wildman–Crippen LogP) is 3.01. The molecule has 1 aliphatic heterocycles. The normalized spacial score (nSPS) is 15.0. The van der Waals surface area contributed by atoms with Crippen molar-refractivity contribution in [1.29, 1.82) is 0 Å². The van der Waals surface area contributed by atoms with Crippen LogP contribution in [0.25, 0.3) is 0 Å². The van der Waals surface area contributed by atoms with E-state index in [1.54, 1.807) is 0 Å². The zero-order valence-electron chi connectivity index (χ0n) is 13.7. The molecule has 24 heavy (non-hydrogen) atoms. The lowest BCUT2D eigenvalue weighted by Crippen LogP contribution is -2.36. The molecule has 0 aliphatic carbocycles. The van der Waals surface area contributed by atoms with E-state index >= 15 is 0 Å². The van der Waals surface area contributed by atoms with Crippen LogP contribution in [0.15, 0.2) is 54.6 Å². The number of thiocarbonyl (C=S) groups is 1. The average Bonchev–Trinajstić information content (AvgIpc) is 2.63. The molecule has 2 aromatic carbocycles. The molecule has 5 heteroatoms. The van der Waals surface area contributed by atoms with Gasteiger partial charge in [0, 0.05) is 31.9 Å². The van der Waals surface area contributed by atoms with Crippen molar-refractivity contribution in [3.05, 3.63) is 65.7 Å². The molecule has 0 atom stereocenters. The van der Waals surface area contributed by atoms with Crippen LogP contribution in [0.2, 0.25) is 0 Å². The Morgan fingerprint density at radius 1 is 0.958 bits per heavy atom. The molecule has 0 bridgehead atoms. The Labute approximate surface area is 148 Å². The number of anilines is 1. The van der Waals surface area contributed by atoms with Gasteiger partial charge in [0.05, 0.1) is 13.2 Å². The van der Waals surface area contributed by atoms with E-state index < -0.39 is 0 Å². The van der Waals surface area contributed by atoms with Gasteiger partial charge in [0.2, 0.25) is 0 Å². The molecule has 0 amide bonds. The first kappa shape index (κ1) is 16.9. The number of hydrogen-bond donors (Lipinski definition) is 2. The second-order valence-electron chi connectivity index (χ2n) is 5.83. The quantitative estimate of drug-likeness (QED) is 0.818. The zero-order chi connectivity index (χ0) is 16.6. The van der Waals surface area contributed by atoms with E-state index in [0.29, 0.717) is 5.11 Å². The van der Waals surface area contributed by atoms with Crippen LogP contribution in [-0.4, -0.2) is 36.3 Å². The fourth-order valence-corrected chi connectivity index (χ4v) is 2.95. The molecule has 4 nitrogen and oxygen atoms in total. The van der Waals surface area contributed by atoms with E-state index in [0.717, 1.165) is 45.1 Å². The molecule has 2 N–H and O–H groups in total. The minimum absolute atomic E-state index is 0.641. The maximum Gasteiger partial charge on any atom is 0.171 e. The lowest BCUT2D eigenvalue weighted by atomic mass is 10.1. The van der Waals surface area contributed by atoms with Crippen molar-refractivity contribution < 1.29 is 4.74 Å². The van der Waals surface area contributed by atoms with E-state index in [1.807, 2.05) is 30.3 Å².